The van der Waals surface area contributed by atoms with Gasteiger partial charge in [-0.1, -0.05) is 11.6 Å². The van der Waals surface area contributed by atoms with Crippen molar-refractivity contribution < 1.29 is 9.53 Å². The van der Waals surface area contributed by atoms with Crippen LogP contribution in [0.4, 0.5) is 10.5 Å². The van der Waals surface area contributed by atoms with Gasteiger partial charge in [0.25, 0.3) is 0 Å². The quantitative estimate of drug-likeness (QED) is 0.825. The minimum Gasteiger partial charge on any atom is -0.444 e. The molecule has 122 valence electrons. The molecule has 1 fully saturated rings. The Morgan fingerprint density at radius 1 is 1.23 bits per heavy atom. The number of carbonyl (C=O) groups is 1. The largest absolute Gasteiger partial charge is 0.444 e. The zero-order valence-electron chi connectivity index (χ0n) is 13.4. The summed E-state index contributed by atoms with van der Waals surface area (Å²) in [4.78, 5) is 15.8. The highest BCUT2D eigenvalue weighted by Gasteiger charge is 2.24. The van der Waals surface area contributed by atoms with E-state index in [2.05, 4.69) is 15.6 Å². The number of alkyl carbamates (subject to hydrolysis) is 1. The molecule has 0 unspecified atom stereocenters. The average molecular weight is 326 g/mol. The number of amides is 1. The number of halogens is 1. The summed E-state index contributed by atoms with van der Waals surface area (Å²) in [6.45, 7) is 5.61. The summed E-state index contributed by atoms with van der Waals surface area (Å²) >= 11 is 5.78. The minimum absolute atomic E-state index is 0.191. The maximum absolute atomic E-state index is 11.8. The fourth-order valence-corrected chi connectivity index (χ4v) is 2.67. The van der Waals surface area contributed by atoms with Gasteiger partial charge in [-0.2, -0.15) is 0 Å². The first-order valence-electron chi connectivity index (χ1n) is 7.69. The van der Waals surface area contributed by atoms with Crippen LogP contribution in [0.3, 0.4) is 0 Å². The molecule has 1 aliphatic carbocycles. The lowest BCUT2D eigenvalue weighted by Gasteiger charge is -2.31. The number of pyridine rings is 1. The molecule has 5 nitrogen and oxygen atoms in total. The predicted octanol–water partition coefficient (Wildman–Crippen LogP) is 3.98. The second-order valence-electron chi connectivity index (χ2n) is 6.71. The summed E-state index contributed by atoms with van der Waals surface area (Å²) in [5.74, 6) is 0. The lowest BCUT2D eigenvalue weighted by molar-refractivity contribution is 0.0492. The fourth-order valence-electron chi connectivity index (χ4n) is 2.55. The highest BCUT2D eigenvalue weighted by atomic mass is 35.5. The van der Waals surface area contributed by atoms with Crippen LogP contribution in [0.1, 0.15) is 46.5 Å². The van der Waals surface area contributed by atoms with Gasteiger partial charge in [-0.15, -0.1) is 0 Å². The molecule has 0 aliphatic heterocycles. The molecular weight excluding hydrogens is 302 g/mol. The number of anilines is 1. The number of nitrogens with one attached hydrogen (secondary N) is 2. The third-order valence-corrected chi connectivity index (χ3v) is 3.77. The summed E-state index contributed by atoms with van der Waals surface area (Å²) in [7, 11) is 0. The van der Waals surface area contributed by atoms with Crippen molar-refractivity contribution in [3.05, 3.63) is 23.5 Å². The molecule has 0 saturated heterocycles. The molecule has 1 saturated carbocycles. The van der Waals surface area contributed by atoms with Crippen molar-refractivity contribution in [3.8, 4) is 0 Å². The zero-order chi connectivity index (χ0) is 16.2. The highest BCUT2D eigenvalue weighted by Crippen LogP contribution is 2.23. The molecule has 0 spiro atoms. The molecule has 0 atom stereocenters. The van der Waals surface area contributed by atoms with E-state index in [9.17, 15) is 4.79 Å². The zero-order valence-corrected chi connectivity index (χ0v) is 14.1. The second kappa shape index (κ2) is 7.18. The third-order valence-electron chi connectivity index (χ3n) is 3.55. The Bertz CT molecular complexity index is 491. The molecule has 1 aliphatic rings. The lowest BCUT2D eigenvalue weighted by atomic mass is 9.91. The molecule has 22 heavy (non-hydrogen) atoms. The maximum Gasteiger partial charge on any atom is 0.407 e. The van der Waals surface area contributed by atoms with Gasteiger partial charge in [0.05, 0.1) is 11.9 Å². The Morgan fingerprint density at radius 3 is 2.41 bits per heavy atom. The van der Waals surface area contributed by atoms with Gasteiger partial charge in [0, 0.05) is 12.1 Å². The Labute approximate surface area is 136 Å². The number of nitrogens with zero attached hydrogens (tertiary/aromatic N) is 1. The SMILES string of the molecule is CC(C)(C)OC(=O)NC1CCC(Nc2ccc(Cl)nc2)CC1. The summed E-state index contributed by atoms with van der Waals surface area (Å²) in [5.41, 5.74) is 0.526. The molecule has 0 bridgehead atoms. The van der Waals surface area contributed by atoms with Gasteiger partial charge in [-0.25, -0.2) is 9.78 Å². The molecule has 1 aromatic rings. The topological polar surface area (TPSA) is 63.2 Å². The van der Waals surface area contributed by atoms with Gasteiger partial charge in [0.2, 0.25) is 0 Å². The fraction of sp³-hybridized carbons (Fsp3) is 0.625. The molecule has 0 radical (unpaired) electrons. The Balaban J connectivity index is 1.73. The molecule has 1 heterocycles. The normalized spacial score (nSPS) is 22.0. The Hall–Kier alpha value is -1.49. The third kappa shape index (κ3) is 5.72. The number of rotatable bonds is 3. The lowest BCUT2D eigenvalue weighted by Crippen LogP contribution is -2.42. The molecular formula is C16H24ClN3O2. The van der Waals surface area contributed by atoms with E-state index < -0.39 is 5.60 Å². The van der Waals surface area contributed by atoms with Gasteiger partial charge in [0.1, 0.15) is 10.8 Å². The van der Waals surface area contributed by atoms with Crippen LogP contribution < -0.4 is 10.6 Å². The minimum atomic E-state index is -0.454. The van der Waals surface area contributed by atoms with Gasteiger partial charge < -0.3 is 15.4 Å². The van der Waals surface area contributed by atoms with E-state index in [0.29, 0.717) is 11.2 Å². The molecule has 1 amide bonds. The van der Waals surface area contributed by atoms with Gasteiger partial charge in [-0.3, -0.25) is 0 Å². The van der Waals surface area contributed by atoms with Crippen LogP contribution in [0.25, 0.3) is 0 Å². The number of hydrogen-bond donors (Lipinski definition) is 2. The molecule has 0 aromatic carbocycles. The summed E-state index contributed by atoms with van der Waals surface area (Å²) < 4.78 is 5.29. The number of aromatic nitrogens is 1. The maximum atomic E-state index is 11.8. The van der Waals surface area contributed by atoms with Gasteiger partial charge in [0.15, 0.2) is 0 Å². The van der Waals surface area contributed by atoms with Crippen molar-refractivity contribution in [2.45, 2.75) is 64.1 Å². The second-order valence-corrected chi connectivity index (χ2v) is 7.10. The predicted molar refractivity (Wildman–Crippen MR) is 88.3 cm³/mol. The number of carbonyl (C=O) groups excluding carboxylic acids is 1. The summed E-state index contributed by atoms with van der Waals surface area (Å²) in [5, 5.41) is 6.90. The van der Waals surface area contributed by atoms with Crippen molar-refractivity contribution in [3.63, 3.8) is 0 Å². The van der Waals surface area contributed by atoms with Crippen molar-refractivity contribution in [2.24, 2.45) is 0 Å². The van der Waals surface area contributed by atoms with E-state index in [1.54, 1.807) is 12.3 Å². The molecule has 2 N–H and O–H groups in total. The van der Waals surface area contributed by atoms with Crippen molar-refractivity contribution in [1.29, 1.82) is 0 Å². The Kier molecular flexibility index (Phi) is 5.51. The highest BCUT2D eigenvalue weighted by molar-refractivity contribution is 6.29. The van der Waals surface area contributed by atoms with E-state index in [1.807, 2.05) is 26.8 Å². The van der Waals surface area contributed by atoms with Crippen molar-refractivity contribution >= 4 is 23.4 Å². The molecule has 2 rings (SSSR count). The molecule has 6 heteroatoms. The average Bonchev–Trinajstić information content (AvgIpc) is 2.41. The van der Waals surface area contributed by atoms with E-state index in [0.717, 1.165) is 31.4 Å². The van der Waals surface area contributed by atoms with Crippen molar-refractivity contribution in [2.75, 3.05) is 5.32 Å². The van der Waals surface area contributed by atoms with Crippen LogP contribution in [0.5, 0.6) is 0 Å². The monoisotopic (exact) mass is 325 g/mol. The first-order valence-corrected chi connectivity index (χ1v) is 8.07. The number of ether oxygens (including phenoxy) is 1. The van der Waals surface area contributed by atoms with Crippen LogP contribution in [0.15, 0.2) is 18.3 Å². The van der Waals surface area contributed by atoms with E-state index in [4.69, 9.17) is 16.3 Å². The smallest absolute Gasteiger partial charge is 0.407 e. The number of hydrogen-bond acceptors (Lipinski definition) is 4. The Morgan fingerprint density at radius 2 is 1.86 bits per heavy atom. The summed E-state index contributed by atoms with van der Waals surface area (Å²) in [6.07, 6.45) is 5.31. The van der Waals surface area contributed by atoms with E-state index >= 15 is 0 Å². The van der Waals surface area contributed by atoms with Crippen LogP contribution in [0.2, 0.25) is 5.15 Å². The first-order chi connectivity index (χ1) is 10.3. The first kappa shape index (κ1) is 16.9. The summed E-state index contributed by atoms with van der Waals surface area (Å²) in [6, 6.07) is 4.30. The molecule has 1 aromatic heterocycles. The van der Waals surface area contributed by atoms with Crippen molar-refractivity contribution in [1.82, 2.24) is 10.3 Å². The van der Waals surface area contributed by atoms with Gasteiger partial charge in [-0.05, 0) is 58.6 Å². The van der Waals surface area contributed by atoms with Crippen LogP contribution >= 0.6 is 11.6 Å². The van der Waals surface area contributed by atoms with E-state index in [-0.39, 0.29) is 12.1 Å². The van der Waals surface area contributed by atoms with Crippen LogP contribution in [-0.2, 0) is 4.74 Å². The van der Waals surface area contributed by atoms with Crippen LogP contribution in [-0.4, -0.2) is 28.8 Å². The van der Waals surface area contributed by atoms with E-state index in [1.165, 1.54) is 0 Å². The van der Waals surface area contributed by atoms with Gasteiger partial charge >= 0.3 is 6.09 Å². The van der Waals surface area contributed by atoms with Crippen LogP contribution in [0, 0.1) is 0 Å². The standard InChI is InChI=1S/C16H24ClN3O2/c1-16(2,3)22-15(21)20-12-6-4-11(5-7-12)19-13-8-9-14(17)18-10-13/h8-12,19H,4-7H2,1-3H3,(H,20,21).